The summed E-state index contributed by atoms with van der Waals surface area (Å²) < 4.78 is 29.0. The maximum Gasteiger partial charge on any atom is 0.129 e. The van der Waals surface area contributed by atoms with Crippen LogP contribution in [0.1, 0.15) is 100 Å². The van der Waals surface area contributed by atoms with Crippen molar-refractivity contribution in [2.75, 3.05) is 0 Å². The molecule has 2 aromatic rings. The molecule has 0 amide bonds. The van der Waals surface area contributed by atoms with Crippen molar-refractivity contribution in [1.82, 2.24) is 0 Å². The van der Waals surface area contributed by atoms with Gasteiger partial charge in [0.15, 0.2) is 0 Å². The van der Waals surface area contributed by atoms with Gasteiger partial charge < -0.3 is 0 Å². The van der Waals surface area contributed by atoms with Gasteiger partial charge in [-0.1, -0.05) is 65.3 Å². The fourth-order valence-corrected chi connectivity index (χ4v) is 3.89. The summed E-state index contributed by atoms with van der Waals surface area (Å²) in [6, 6.07) is 9.20. The second-order valence-corrected chi connectivity index (χ2v) is 8.78. The molecule has 0 aliphatic rings. The monoisotopic (exact) mass is 392 g/mol. The number of hydrogen-bond acceptors (Lipinski definition) is 0. The summed E-state index contributed by atoms with van der Waals surface area (Å²) in [4.78, 5) is 0. The molecule has 0 aliphatic heterocycles. The minimum Gasteiger partial charge on any atom is -0.207 e. The van der Waals surface area contributed by atoms with Crippen LogP contribution in [0.2, 0.25) is 5.02 Å². The van der Waals surface area contributed by atoms with E-state index in [0.29, 0.717) is 17.9 Å². The van der Waals surface area contributed by atoms with E-state index in [-0.39, 0.29) is 23.3 Å². The Balaban J connectivity index is 2.10. The molecule has 0 saturated heterocycles. The van der Waals surface area contributed by atoms with E-state index in [9.17, 15) is 8.78 Å². The highest BCUT2D eigenvalue weighted by atomic mass is 35.5. The Morgan fingerprint density at radius 3 is 1.74 bits per heavy atom. The van der Waals surface area contributed by atoms with E-state index in [2.05, 4.69) is 32.9 Å². The molecule has 2 atom stereocenters. The van der Waals surface area contributed by atoms with Gasteiger partial charge in [0.2, 0.25) is 0 Å². The molecule has 0 N–H and O–H groups in total. The summed E-state index contributed by atoms with van der Waals surface area (Å²) in [6.07, 6.45) is 1.53. The molecule has 0 bridgehead atoms. The zero-order valence-corrected chi connectivity index (χ0v) is 18.0. The molecule has 2 unspecified atom stereocenters. The molecular formula is C24H31ClF2. The first-order chi connectivity index (χ1) is 12.6. The fourth-order valence-electron chi connectivity index (χ4n) is 3.51. The Bertz CT molecular complexity index is 757. The maximum atomic E-state index is 14.5. The summed E-state index contributed by atoms with van der Waals surface area (Å²) in [6.45, 7) is 12.2. The van der Waals surface area contributed by atoms with Gasteiger partial charge in [0.25, 0.3) is 0 Å². The van der Waals surface area contributed by atoms with Crippen LogP contribution in [0.15, 0.2) is 30.3 Å². The van der Waals surface area contributed by atoms with Gasteiger partial charge >= 0.3 is 0 Å². The van der Waals surface area contributed by atoms with Gasteiger partial charge in [0.05, 0.1) is 0 Å². The summed E-state index contributed by atoms with van der Waals surface area (Å²) in [7, 11) is 0. The van der Waals surface area contributed by atoms with Gasteiger partial charge in [0.1, 0.15) is 11.6 Å². The lowest BCUT2D eigenvalue weighted by Gasteiger charge is -2.20. The molecule has 0 aliphatic carbocycles. The first-order valence-electron chi connectivity index (χ1n) is 9.89. The standard InChI is InChI=1S/C24H31ClF2/c1-14(2)18-9-10-20(21(25)11-18)16(5)7-8-17(6)24-22(26)12-19(15(3)4)13-23(24)27/h9-17H,7-8H2,1-6H3. The topological polar surface area (TPSA) is 0 Å². The summed E-state index contributed by atoms with van der Waals surface area (Å²) in [5, 5.41) is 0.778. The molecule has 27 heavy (non-hydrogen) atoms. The average Bonchev–Trinajstić information content (AvgIpc) is 2.58. The van der Waals surface area contributed by atoms with Crippen molar-refractivity contribution in [2.24, 2.45) is 0 Å². The minimum atomic E-state index is -0.432. The molecule has 0 nitrogen and oxygen atoms in total. The lowest BCUT2D eigenvalue weighted by atomic mass is 9.87. The summed E-state index contributed by atoms with van der Waals surface area (Å²) >= 11 is 6.48. The van der Waals surface area contributed by atoms with Gasteiger partial charge in [-0.25, -0.2) is 8.78 Å². The Kier molecular flexibility index (Phi) is 7.45. The first kappa shape index (κ1) is 21.9. The molecule has 148 valence electrons. The molecular weight excluding hydrogens is 362 g/mol. The average molecular weight is 393 g/mol. The Hall–Kier alpha value is -1.41. The van der Waals surface area contributed by atoms with Crippen LogP contribution in [0.5, 0.6) is 0 Å². The second kappa shape index (κ2) is 9.19. The van der Waals surface area contributed by atoms with Crippen LogP contribution in [0, 0.1) is 11.6 Å². The highest BCUT2D eigenvalue weighted by Crippen LogP contribution is 2.35. The molecule has 2 aromatic carbocycles. The van der Waals surface area contributed by atoms with E-state index in [1.54, 1.807) is 0 Å². The van der Waals surface area contributed by atoms with E-state index >= 15 is 0 Å². The SMILES string of the molecule is CC(C)c1cc(F)c(C(C)CCC(C)c2ccc(C(C)C)cc2Cl)c(F)c1. The van der Waals surface area contributed by atoms with Gasteiger partial charge in [-0.3, -0.25) is 0 Å². The second-order valence-electron chi connectivity index (χ2n) is 8.37. The van der Waals surface area contributed by atoms with Crippen molar-refractivity contribution in [3.05, 3.63) is 69.2 Å². The third-order valence-electron chi connectivity index (χ3n) is 5.52. The zero-order valence-electron chi connectivity index (χ0n) is 17.2. The van der Waals surface area contributed by atoms with Crippen LogP contribution in [0.25, 0.3) is 0 Å². The van der Waals surface area contributed by atoms with E-state index in [1.165, 1.54) is 17.7 Å². The molecule has 0 spiro atoms. The van der Waals surface area contributed by atoms with Crippen molar-refractivity contribution in [1.29, 1.82) is 0 Å². The first-order valence-corrected chi connectivity index (χ1v) is 10.3. The molecule has 2 rings (SSSR count). The largest absolute Gasteiger partial charge is 0.207 e. The molecule has 0 heterocycles. The van der Waals surface area contributed by atoms with Crippen LogP contribution >= 0.6 is 11.6 Å². The molecule has 0 aromatic heterocycles. The van der Waals surface area contributed by atoms with Gasteiger partial charge in [0, 0.05) is 10.6 Å². The molecule has 0 saturated carbocycles. The molecule has 0 radical (unpaired) electrons. The van der Waals surface area contributed by atoms with E-state index in [1.807, 2.05) is 26.8 Å². The van der Waals surface area contributed by atoms with Crippen LogP contribution in [-0.4, -0.2) is 0 Å². The lowest BCUT2D eigenvalue weighted by molar-refractivity contribution is 0.497. The summed E-state index contributed by atoms with van der Waals surface area (Å²) in [5.74, 6) is -0.262. The number of rotatable bonds is 7. The van der Waals surface area contributed by atoms with Crippen molar-refractivity contribution in [3.63, 3.8) is 0 Å². The third kappa shape index (κ3) is 5.31. The fraction of sp³-hybridized carbons (Fsp3) is 0.500. The maximum absolute atomic E-state index is 14.5. The Labute approximate surface area is 168 Å². The van der Waals surface area contributed by atoms with Gasteiger partial charge in [-0.15, -0.1) is 0 Å². The van der Waals surface area contributed by atoms with Crippen molar-refractivity contribution < 1.29 is 8.78 Å². The minimum absolute atomic E-state index is 0.106. The normalized spacial score (nSPS) is 14.0. The van der Waals surface area contributed by atoms with Gasteiger partial charge in [-0.2, -0.15) is 0 Å². The Morgan fingerprint density at radius 2 is 1.26 bits per heavy atom. The van der Waals surface area contributed by atoms with Crippen molar-refractivity contribution >= 4 is 11.6 Å². The van der Waals surface area contributed by atoms with Gasteiger partial charge in [-0.05, 0) is 71.4 Å². The predicted octanol–water partition coefficient (Wildman–Crippen LogP) is 8.55. The number of halogens is 3. The smallest absolute Gasteiger partial charge is 0.129 e. The van der Waals surface area contributed by atoms with Crippen LogP contribution in [-0.2, 0) is 0 Å². The molecule has 0 fully saturated rings. The predicted molar refractivity (Wildman–Crippen MR) is 112 cm³/mol. The third-order valence-corrected chi connectivity index (χ3v) is 5.84. The van der Waals surface area contributed by atoms with Crippen molar-refractivity contribution in [2.45, 2.75) is 78.1 Å². The molecule has 3 heteroatoms. The highest BCUT2D eigenvalue weighted by Gasteiger charge is 2.20. The van der Waals surface area contributed by atoms with E-state index in [4.69, 9.17) is 11.6 Å². The van der Waals surface area contributed by atoms with Crippen LogP contribution in [0.4, 0.5) is 8.78 Å². The van der Waals surface area contributed by atoms with E-state index in [0.717, 1.165) is 17.0 Å². The Morgan fingerprint density at radius 1 is 0.741 bits per heavy atom. The summed E-state index contributed by atoms with van der Waals surface area (Å²) in [5.41, 5.74) is 3.22. The zero-order chi connectivity index (χ0) is 20.3. The van der Waals surface area contributed by atoms with Crippen LogP contribution in [0.3, 0.4) is 0 Å². The lowest BCUT2D eigenvalue weighted by Crippen LogP contribution is -2.06. The van der Waals surface area contributed by atoms with E-state index < -0.39 is 11.6 Å². The number of hydrogen-bond donors (Lipinski definition) is 0. The quantitative estimate of drug-likeness (QED) is 0.442. The number of benzene rings is 2. The highest BCUT2D eigenvalue weighted by molar-refractivity contribution is 6.31. The van der Waals surface area contributed by atoms with Crippen molar-refractivity contribution in [3.8, 4) is 0 Å². The van der Waals surface area contributed by atoms with Crippen LogP contribution < -0.4 is 0 Å².